The average Bonchev–Trinajstić information content (AvgIpc) is 3.90. The Balaban J connectivity index is 1.36. The van der Waals surface area contributed by atoms with Crippen LogP contribution in [0.1, 0.15) is 89.1 Å². The van der Waals surface area contributed by atoms with E-state index in [2.05, 4.69) is 59.6 Å². The van der Waals surface area contributed by atoms with Crippen LogP contribution in [0, 0.1) is 11.3 Å². The first-order valence-electron chi connectivity index (χ1n) is 22.1. The molecule has 2 aromatic carbocycles. The molecule has 7 rings (SSSR count). The van der Waals surface area contributed by atoms with Crippen molar-refractivity contribution in [2.75, 3.05) is 40.9 Å². The van der Waals surface area contributed by atoms with E-state index in [0.29, 0.717) is 37.9 Å². The molecule has 2 aromatic heterocycles. The number of carbonyl (C=O) groups excluding carboxylic acids is 4. The highest BCUT2D eigenvalue weighted by Gasteiger charge is 2.40. The van der Waals surface area contributed by atoms with Crippen molar-refractivity contribution in [3.8, 4) is 28.1 Å². The topological polar surface area (TPSA) is 167 Å². The maximum absolute atomic E-state index is 14.7. The number of aryl methyl sites for hydroxylation is 1. The molecule has 2 fully saturated rings. The number of amides is 3. The number of hydrogen-bond donors (Lipinski definition) is 4. The summed E-state index contributed by atoms with van der Waals surface area (Å²) in [6, 6.07) is 13.0. The molecule has 4 heterocycles. The minimum Gasteiger partial charge on any atom is -0.508 e. The predicted octanol–water partition coefficient (Wildman–Crippen LogP) is 5.69. The number of cyclic esters (lactones) is 1. The molecule has 4 N–H and O–H groups in total. The lowest BCUT2D eigenvalue weighted by Gasteiger charge is -2.37. The first-order valence-corrected chi connectivity index (χ1v) is 22.1. The van der Waals surface area contributed by atoms with Crippen molar-refractivity contribution >= 4 is 34.6 Å². The van der Waals surface area contributed by atoms with Gasteiger partial charge in [-0.15, -0.1) is 0 Å². The Hall–Kier alpha value is -5.31. The van der Waals surface area contributed by atoms with Gasteiger partial charge in [-0.3, -0.25) is 29.2 Å². The minimum atomic E-state index is -1.09. The van der Waals surface area contributed by atoms with Gasteiger partial charge in [-0.05, 0) is 118 Å². The van der Waals surface area contributed by atoms with E-state index in [1.165, 1.54) is 9.91 Å². The quantitative estimate of drug-likeness (QED) is 0.146. The monoisotopic (exact) mass is 849 g/mol. The Morgan fingerprint density at radius 2 is 1.85 bits per heavy atom. The molecule has 6 bridgehead atoms. The number of benzene rings is 2. The normalized spacial score (nSPS) is 20.7. The van der Waals surface area contributed by atoms with Crippen LogP contribution >= 0.6 is 0 Å². The zero-order valence-corrected chi connectivity index (χ0v) is 37.3. The first kappa shape index (κ1) is 44.7. The molecule has 4 aromatic rings. The Morgan fingerprint density at radius 1 is 1.08 bits per heavy atom. The Kier molecular flexibility index (Phi) is 13.7. The zero-order valence-electron chi connectivity index (χ0n) is 37.3. The molecule has 0 unspecified atom stereocenters. The van der Waals surface area contributed by atoms with E-state index in [1.807, 2.05) is 25.1 Å². The fourth-order valence-corrected chi connectivity index (χ4v) is 9.73. The molecule has 1 aliphatic carbocycles. The predicted molar refractivity (Wildman–Crippen MR) is 238 cm³/mol. The lowest BCUT2D eigenvalue weighted by atomic mass is 9.84. The van der Waals surface area contributed by atoms with Gasteiger partial charge in [0, 0.05) is 61.7 Å². The minimum absolute atomic E-state index is 0.0198. The molecular weight excluding hydrogens is 787 g/mol. The summed E-state index contributed by atoms with van der Waals surface area (Å²) in [6.07, 6.45) is 6.63. The molecule has 3 amide bonds. The van der Waals surface area contributed by atoms with Gasteiger partial charge in [-0.1, -0.05) is 38.8 Å². The number of aromatic hydroxyl groups is 1. The second-order valence-electron chi connectivity index (χ2n) is 18.1. The van der Waals surface area contributed by atoms with E-state index in [4.69, 9.17) is 14.5 Å². The van der Waals surface area contributed by atoms with Crippen LogP contribution in [0.25, 0.3) is 33.3 Å². The van der Waals surface area contributed by atoms with Crippen LogP contribution in [0.2, 0.25) is 0 Å². The second kappa shape index (κ2) is 19.0. The third kappa shape index (κ3) is 9.37. The highest BCUT2D eigenvalue weighted by atomic mass is 16.5. The van der Waals surface area contributed by atoms with Gasteiger partial charge in [-0.2, -0.15) is 0 Å². The number of ether oxygens (including phenoxy) is 2. The number of carbonyl (C=O) groups is 4. The van der Waals surface area contributed by atoms with E-state index in [1.54, 1.807) is 39.5 Å². The smallest absolute Gasteiger partial charge is 0.324 e. The number of rotatable bonds is 10. The van der Waals surface area contributed by atoms with Gasteiger partial charge in [0.15, 0.2) is 0 Å². The number of nitrogens with one attached hydrogen (secondary N) is 3. The van der Waals surface area contributed by atoms with Gasteiger partial charge in [-0.25, -0.2) is 5.43 Å². The van der Waals surface area contributed by atoms with E-state index < -0.39 is 41.3 Å². The molecule has 2 aliphatic heterocycles. The number of nitrogens with zero attached hydrogens (tertiary/aromatic N) is 4. The van der Waals surface area contributed by atoms with Crippen molar-refractivity contribution in [3.63, 3.8) is 0 Å². The maximum Gasteiger partial charge on any atom is 0.324 e. The van der Waals surface area contributed by atoms with Crippen LogP contribution in [0.3, 0.4) is 0 Å². The SMILES string of the molecule is CCn1c(-c2cccnc2[C@H](C)OC)c2c3cc(ccc31)-c1cc(O)cc(c1)C[C@H](NC(=O)[C@H](C1CCCC1)N(C)C(=O)CNC)C(=O)N1CCC[C@H](N1)C(=O)OCC(C)(C)C2. The molecule has 4 atom stereocenters. The second-order valence-corrected chi connectivity index (χ2v) is 18.1. The fraction of sp³-hybridized carbons (Fsp3) is 0.521. The molecule has 1 saturated carbocycles. The van der Waals surface area contributed by atoms with Crippen molar-refractivity contribution in [1.29, 1.82) is 0 Å². The lowest BCUT2D eigenvalue weighted by molar-refractivity contribution is -0.155. The number of phenols is 1. The van der Waals surface area contributed by atoms with E-state index in [0.717, 1.165) is 70.2 Å². The van der Waals surface area contributed by atoms with Crippen LogP contribution in [0.5, 0.6) is 5.75 Å². The van der Waals surface area contributed by atoms with Crippen LogP contribution in [0.15, 0.2) is 54.7 Å². The zero-order chi connectivity index (χ0) is 44.3. The summed E-state index contributed by atoms with van der Waals surface area (Å²) in [5.41, 5.74) is 9.77. The van der Waals surface area contributed by atoms with Gasteiger partial charge in [0.1, 0.15) is 23.9 Å². The van der Waals surface area contributed by atoms with Gasteiger partial charge in [0.2, 0.25) is 11.8 Å². The number of fused-ring (bicyclic) bond motifs is 6. The largest absolute Gasteiger partial charge is 0.508 e. The Labute approximate surface area is 364 Å². The average molecular weight is 850 g/mol. The first-order chi connectivity index (χ1) is 29.7. The molecule has 0 radical (unpaired) electrons. The highest BCUT2D eigenvalue weighted by Crippen LogP contribution is 2.42. The highest BCUT2D eigenvalue weighted by molar-refractivity contribution is 5.96. The van der Waals surface area contributed by atoms with Crippen LogP contribution in [-0.4, -0.2) is 107 Å². The number of aromatic nitrogens is 2. The molecule has 14 heteroatoms. The number of phenolic OH excluding ortho intramolecular Hbond substituents is 1. The standard InChI is InChI=1S/C48H63N7O7/c1-8-54-40-18-17-32-25-36(40)37(44(54)35-15-11-19-50-42(35)29(2)61-7)26-48(3,4)28-62-47(60)38-16-12-20-55(52-38)46(59)39(23-30-21-33(32)24-34(56)22-30)51-45(58)43(31-13-9-10-14-31)53(6)41(57)27-49-5/h11,15,17-19,21-22,24-25,29,31,38-39,43,49,52,56H,8-10,12-14,16,20,23,26-28H2,1-7H3,(H,51,58)/t29-,38-,39-,43-/m0/s1. The van der Waals surface area contributed by atoms with E-state index in [-0.39, 0.29) is 43.3 Å². The van der Waals surface area contributed by atoms with E-state index in [9.17, 15) is 24.3 Å². The summed E-state index contributed by atoms with van der Waals surface area (Å²) < 4.78 is 14.2. The molecule has 0 spiro atoms. The Bertz CT molecular complexity index is 2300. The van der Waals surface area contributed by atoms with E-state index >= 15 is 0 Å². The van der Waals surface area contributed by atoms with Gasteiger partial charge in [0.25, 0.3) is 5.91 Å². The van der Waals surface area contributed by atoms with Crippen LogP contribution in [0.4, 0.5) is 0 Å². The van der Waals surface area contributed by atoms with Crippen LogP contribution < -0.4 is 16.1 Å². The van der Waals surface area contributed by atoms with Crippen molar-refractivity contribution in [3.05, 3.63) is 71.5 Å². The summed E-state index contributed by atoms with van der Waals surface area (Å²) in [4.78, 5) is 62.5. The van der Waals surface area contributed by atoms with Crippen molar-refractivity contribution < 1.29 is 33.8 Å². The number of likely N-dealkylation sites (N-methyl/N-ethyl adjacent to an activating group) is 2. The third-order valence-electron chi connectivity index (χ3n) is 12.9. The summed E-state index contributed by atoms with van der Waals surface area (Å²) in [7, 11) is 5.01. The molecule has 62 heavy (non-hydrogen) atoms. The summed E-state index contributed by atoms with van der Waals surface area (Å²) in [6.45, 7) is 9.48. The summed E-state index contributed by atoms with van der Waals surface area (Å²) in [5, 5.41) is 19.7. The molecule has 3 aliphatic rings. The number of pyridine rings is 1. The molecule has 332 valence electrons. The van der Waals surface area contributed by atoms with Gasteiger partial charge in [0.05, 0.1) is 30.6 Å². The molecule has 1 saturated heterocycles. The number of hydrazine groups is 1. The number of methoxy groups -OCH3 is 1. The molecular formula is C48H63N7O7. The Morgan fingerprint density at radius 3 is 2.58 bits per heavy atom. The third-order valence-corrected chi connectivity index (χ3v) is 12.9. The van der Waals surface area contributed by atoms with Gasteiger partial charge < -0.3 is 34.7 Å². The van der Waals surface area contributed by atoms with Crippen molar-refractivity contribution in [1.82, 2.24) is 35.5 Å². The number of esters is 1. The number of hydrogen-bond acceptors (Lipinski definition) is 10. The maximum atomic E-state index is 14.7. The van der Waals surface area contributed by atoms with Crippen molar-refractivity contribution in [2.24, 2.45) is 11.3 Å². The summed E-state index contributed by atoms with van der Waals surface area (Å²) in [5.74, 6) is -1.55. The van der Waals surface area contributed by atoms with Gasteiger partial charge >= 0.3 is 5.97 Å². The molecule has 14 nitrogen and oxygen atoms in total. The van der Waals surface area contributed by atoms with Crippen LogP contribution in [-0.2, 0) is 48.0 Å². The lowest BCUT2D eigenvalue weighted by Crippen LogP contribution is -2.62. The van der Waals surface area contributed by atoms with Crippen molar-refractivity contribution in [2.45, 2.75) is 110 Å². The summed E-state index contributed by atoms with van der Waals surface area (Å²) >= 11 is 0. The fourth-order valence-electron chi connectivity index (χ4n) is 9.73.